The fourth-order valence-electron chi connectivity index (χ4n) is 2.91. The predicted molar refractivity (Wildman–Crippen MR) is 111 cm³/mol. The van der Waals surface area contributed by atoms with Crippen molar-refractivity contribution in [2.45, 2.75) is 19.9 Å². The van der Waals surface area contributed by atoms with Gasteiger partial charge < -0.3 is 10.2 Å². The molecule has 0 spiro atoms. The number of nitrogens with one attached hydrogen (secondary N) is 1. The quantitative estimate of drug-likeness (QED) is 0.711. The Bertz CT molecular complexity index is 923. The predicted octanol–water partition coefficient (Wildman–Crippen LogP) is 3.73. The first-order chi connectivity index (χ1) is 13.5. The first kappa shape index (κ1) is 19.5. The molecular weight excluding hydrogens is 350 g/mol. The third-order valence-electron chi connectivity index (χ3n) is 4.51. The second kappa shape index (κ2) is 8.61. The van der Waals surface area contributed by atoms with Gasteiger partial charge in [-0.1, -0.05) is 32.0 Å². The van der Waals surface area contributed by atoms with Crippen LogP contribution in [0.1, 0.15) is 35.9 Å². The number of rotatable bonds is 6. The highest BCUT2D eigenvalue weighted by Crippen LogP contribution is 2.22. The van der Waals surface area contributed by atoms with Gasteiger partial charge in [0.1, 0.15) is 12.1 Å². The average molecular weight is 375 g/mol. The molecule has 0 aliphatic heterocycles. The fraction of sp³-hybridized carbons (Fsp3) is 0.273. The van der Waals surface area contributed by atoms with Crippen molar-refractivity contribution in [2.75, 3.05) is 19.0 Å². The van der Waals surface area contributed by atoms with Gasteiger partial charge in [-0.05, 0) is 30.2 Å². The van der Waals surface area contributed by atoms with Crippen LogP contribution < -0.4 is 10.2 Å². The van der Waals surface area contributed by atoms with Gasteiger partial charge in [0.2, 0.25) is 0 Å². The van der Waals surface area contributed by atoms with Crippen LogP contribution in [-0.2, 0) is 0 Å². The number of amides is 1. The van der Waals surface area contributed by atoms with Crippen molar-refractivity contribution in [3.63, 3.8) is 0 Å². The number of hydrogen-bond donors (Lipinski definition) is 1. The van der Waals surface area contributed by atoms with E-state index in [1.165, 1.54) is 0 Å². The van der Waals surface area contributed by atoms with Crippen molar-refractivity contribution in [1.29, 1.82) is 0 Å². The summed E-state index contributed by atoms with van der Waals surface area (Å²) in [5, 5.41) is 3.10. The van der Waals surface area contributed by atoms with E-state index in [1.807, 2.05) is 67.5 Å². The average Bonchev–Trinajstić information content (AvgIpc) is 2.72. The van der Waals surface area contributed by atoms with E-state index < -0.39 is 0 Å². The third kappa shape index (κ3) is 4.52. The molecule has 0 fully saturated rings. The van der Waals surface area contributed by atoms with Crippen LogP contribution in [0.4, 0.5) is 5.82 Å². The lowest BCUT2D eigenvalue weighted by molar-refractivity contribution is 0.0924. The Morgan fingerprint density at radius 2 is 1.75 bits per heavy atom. The fourth-order valence-corrected chi connectivity index (χ4v) is 2.91. The van der Waals surface area contributed by atoms with Crippen LogP contribution >= 0.6 is 0 Å². The number of hydrogen-bond acceptors (Lipinski definition) is 5. The summed E-state index contributed by atoms with van der Waals surface area (Å²) in [5.41, 5.74) is 3.22. The number of nitrogens with zero attached hydrogens (tertiary/aromatic N) is 4. The lowest BCUT2D eigenvalue weighted by Crippen LogP contribution is -2.32. The maximum atomic E-state index is 12.8. The Balaban J connectivity index is 1.77. The van der Waals surface area contributed by atoms with Crippen molar-refractivity contribution in [1.82, 2.24) is 20.3 Å². The molecule has 1 amide bonds. The van der Waals surface area contributed by atoms with Crippen molar-refractivity contribution in [2.24, 2.45) is 5.92 Å². The van der Waals surface area contributed by atoms with Gasteiger partial charge in [0, 0.05) is 37.5 Å². The Morgan fingerprint density at radius 1 is 1.00 bits per heavy atom. The Hall–Kier alpha value is -3.28. The number of pyridine rings is 1. The summed E-state index contributed by atoms with van der Waals surface area (Å²) >= 11 is 0. The number of aromatic nitrogens is 3. The highest BCUT2D eigenvalue weighted by atomic mass is 16.1. The summed E-state index contributed by atoms with van der Waals surface area (Å²) in [6.45, 7) is 4.14. The van der Waals surface area contributed by atoms with Gasteiger partial charge >= 0.3 is 0 Å². The molecule has 1 N–H and O–H groups in total. The Morgan fingerprint density at radius 3 is 2.36 bits per heavy atom. The standard InChI is InChI=1S/C22H25N5O/c1-15(2)21(18-7-5-6-12-23-18)26-22(28)17-10-8-16(9-11-17)19-13-20(27(3)4)25-14-24-19/h5-15,21H,1-4H3,(H,26,28)/t21-/m1/s1. The van der Waals surface area contributed by atoms with E-state index in [2.05, 4.69) is 34.1 Å². The maximum Gasteiger partial charge on any atom is 0.251 e. The van der Waals surface area contributed by atoms with Gasteiger partial charge in [-0.25, -0.2) is 9.97 Å². The summed E-state index contributed by atoms with van der Waals surface area (Å²) in [4.78, 5) is 27.6. The molecule has 0 saturated carbocycles. The molecule has 28 heavy (non-hydrogen) atoms. The molecule has 3 aromatic rings. The van der Waals surface area contributed by atoms with Crippen LogP contribution in [0.5, 0.6) is 0 Å². The molecule has 0 bridgehead atoms. The molecule has 0 saturated heterocycles. The first-order valence-electron chi connectivity index (χ1n) is 9.27. The highest BCUT2D eigenvalue weighted by molar-refractivity contribution is 5.94. The molecule has 2 aromatic heterocycles. The van der Waals surface area contributed by atoms with Gasteiger partial charge in [0.05, 0.1) is 17.4 Å². The zero-order valence-corrected chi connectivity index (χ0v) is 16.6. The smallest absolute Gasteiger partial charge is 0.251 e. The summed E-state index contributed by atoms with van der Waals surface area (Å²) in [5.74, 6) is 0.943. The summed E-state index contributed by atoms with van der Waals surface area (Å²) in [6, 6.07) is 15.0. The number of carbonyl (C=O) groups excluding carboxylic acids is 1. The van der Waals surface area contributed by atoms with E-state index in [-0.39, 0.29) is 17.9 Å². The summed E-state index contributed by atoms with van der Waals surface area (Å²) in [7, 11) is 3.87. The lowest BCUT2D eigenvalue weighted by atomic mass is 9.99. The number of carbonyl (C=O) groups is 1. The van der Waals surface area contributed by atoms with Crippen LogP contribution in [0.3, 0.4) is 0 Å². The minimum atomic E-state index is -0.141. The van der Waals surface area contributed by atoms with E-state index >= 15 is 0 Å². The van der Waals surface area contributed by atoms with Gasteiger partial charge in [0.15, 0.2) is 0 Å². The third-order valence-corrected chi connectivity index (χ3v) is 4.51. The molecule has 2 heterocycles. The maximum absolute atomic E-state index is 12.8. The minimum Gasteiger partial charge on any atom is -0.363 e. The normalized spacial score (nSPS) is 11.9. The van der Waals surface area contributed by atoms with Crippen molar-refractivity contribution < 1.29 is 4.79 Å². The molecule has 0 radical (unpaired) electrons. The van der Waals surface area contributed by atoms with Crippen molar-refractivity contribution >= 4 is 11.7 Å². The number of benzene rings is 1. The second-order valence-corrected chi connectivity index (χ2v) is 7.18. The van der Waals surface area contributed by atoms with E-state index in [0.29, 0.717) is 5.56 Å². The Kier molecular flexibility index (Phi) is 5.99. The minimum absolute atomic E-state index is 0.118. The molecule has 0 aliphatic carbocycles. The van der Waals surface area contributed by atoms with Crippen LogP contribution in [0.15, 0.2) is 61.1 Å². The molecule has 3 rings (SSSR count). The summed E-state index contributed by atoms with van der Waals surface area (Å²) < 4.78 is 0. The van der Waals surface area contributed by atoms with Gasteiger partial charge in [0.25, 0.3) is 5.91 Å². The first-order valence-corrected chi connectivity index (χ1v) is 9.27. The van der Waals surface area contributed by atoms with Crippen LogP contribution in [0.25, 0.3) is 11.3 Å². The second-order valence-electron chi connectivity index (χ2n) is 7.18. The molecular formula is C22H25N5O. The molecule has 0 unspecified atom stereocenters. The molecule has 0 aliphatic rings. The van der Waals surface area contributed by atoms with E-state index in [4.69, 9.17) is 0 Å². The Labute approximate surface area is 165 Å². The van der Waals surface area contributed by atoms with Crippen molar-refractivity contribution in [3.05, 3.63) is 72.3 Å². The SMILES string of the molecule is CC(C)[C@@H](NC(=O)c1ccc(-c2cc(N(C)C)ncn2)cc1)c1ccccn1. The lowest BCUT2D eigenvalue weighted by Gasteiger charge is -2.22. The molecule has 1 aromatic carbocycles. The van der Waals surface area contributed by atoms with E-state index in [9.17, 15) is 4.79 Å². The molecule has 144 valence electrons. The molecule has 6 heteroatoms. The van der Waals surface area contributed by atoms with E-state index in [1.54, 1.807) is 12.5 Å². The topological polar surface area (TPSA) is 71.0 Å². The number of anilines is 1. The van der Waals surface area contributed by atoms with E-state index in [0.717, 1.165) is 22.8 Å². The van der Waals surface area contributed by atoms with Gasteiger partial charge in [-0.3, -0.25) is 9.78 Å². The van der Waals surface area contributed by atoms with Crippen LogP contribution in [0.2, 0.25) is 0 Å². The van der Waals surface area contributed by atoms with Crippen LogP contribution in [0, 0.1) is 5.92 Å². The van der Waals surface area contributed by atoms with Gasteiger partial charge in [-0.15, -0.1) is 0 Å². The monoisotopic (exact) mass is 375 g/mol. The molecule has 1 atom stereocenters. The zero-order chi connectivity index (χ0) is 20.1. The van der Waals surface area contributed by atoms with Crippen LogP contribution in [-0.4, -0.2) is 35.0 Å². The molecule has 6 nitrogen and oxygen atoms in total. The zero-order valence-electron chi connectivity index (χ0n) is 16.6. The highest BCUT2D eigenvalue weighted by Gasteiger charge is 2.20. The largest absolute Gasteiger partial charge is 0.363 e. The summed E-state index contributed by atoms with van der Waals surface area (Å²) in [6.07, 6.45) is 3.29. The van der Waals surface area contributed by atoms with Crippen molar-refractivity contribution in [3.8, 4) is 11.3 Å². The van der Waals surface area contributed by atoms with Gasteiger partial charge in [-0.2, -0.15) is 0 Å².